The molecule has 20 heavy (non-hydrogen) atoms. The second-order valence-corrected chi connectivity index (χ2v) is 5.71. The van der Waals surface area contributed by atoms with E-state index in [0.717, 1.165) is 19.3 Å². The van der Waals surface area contributed by atoms with Crippen molar-refractivity contribution in [2.75, 3.05) is 0 Å². The molecule has 1 aromatic rings. The Kier molecular flexibility index (Phi) is 3.12. The number of amides is 2. The average molecular weight is 274 g/mol. The number of hydrogen-bond donors (Lipinski definition) is 3. The molecule has 3 N–H and O–H groups in total. The maximum Gasteiger partial charge on any atom is 0.329 e. The van der Waals surface area contributed by atoms with Crippen LogP contribution in [0, 0.1) is 0 Å². The molecule has 2 aliphatic rings. The number of rotatable bonds is 3. The molecule has 0 aromatic heterocycles. The van der Waals surface area contributed by atoms with Crippen molar-refractivity contribution in [2.24, 2.45) is 0 Å². The Morgan fingerprint density at radius 3 is 2.20 bits per heavy atom. The number of aliphatic carboxylic acids is 1. The lowest BCUT2D eigenvalue weighted by molar-refractivity contribution is -0.148. The first-order valence-electron chi connectivity index (χ1n) is 6.98. The van der Waals surface area contributed by atoms with Gasteiger partial charge in [0.05, 0.1) is 0 Å². The van der Waals surface area contributed by atoms with Crippen molar-refractivity contribution in [2.45, 2.75) is 43.7 Å². The van der Waals surface area contributed by atoms with Gasteiger partial charge in [0.2, 0.25) is 0 Å². The fraction of sp³-hybridized carbons (Fsp3) is 0.467. The summed E-state index contributed by atoms with van der Waals surface area (Å²) >= 11 is 0. The minimum absolute atomic E-state index is 0.0540. The molecule has 1 saturated carbocycles. The van der Waals surface area contributed by atoms with Crippen molar-refractivity contribution in [3.8, 4) is 0 Å². The van der Waals surface area contributed by atoms with E-state index in [0.29, 0.717) is 12.8 Å². The van der Waals surface area contributed by atoms with E-state index < -0.39 is 11.5 Å². The van der Waals surface area contributed by atoms with Gasteiger partial charge in [0.25, 0.3) is 0 Å². The summed E-state index contributed by atoms with van der Waals surface area (Å²) < 4.78 is 0. The molecular weight excluding hydrogens is 256 g/mol. The predicted molar refractivity (Wildman–Crippen MR) is 73.5 cm³/mol. The summed E-state index contributed by atoms with van der Waals surface area (Å²) in [6.45, 7) is 0. The van der Waals surface area contributed by atoms with Crippen molar-refractivity contribution >= 4 is 12.0 Å². The highest BCUT2D eigenvalue weighted by atomic mass is 16.4. The van der Waals surface area contributed by atoms with Gasteiger partial charge in [-0.2, -0.15) is 0 Å². The number of hydrogen-bond acceptors (Lipinski definition) is 2. The van der Waals surface area contributed by atoms with E-state index in [1.165, 1.54) is 11.1 Å². The summed E-state index contributed by atoms with van der Waals surface area (Å²) in [6.07, 6.45) is 3.50. The number of benzene rings is 1. The second kappa shape index (κ2) is 4.81. The molecule has 0 radical (unpaired) electrons. The highest BCUT2D eigenvalue weighted by Crippen LogP contribution is 2.32. The summed E-state index contributed by atoms with van der Waals surface area (Å²) in [5, 5.41) is 14.7. The number of carbonyl (C=O) groups is 2. The fourth-order valence-corrected chi connectivity index (χ4v) is 3.02. The van der Waals surface area contributed by atoms with Gasteiger partial charge >= 0.3 is 12.0 Å². The lowest BCUT2D eigenvalue weighted by atomic mass is 9.77. The molecule has 5 heteroatoms. The Balaban J connectivity index is 1.57. The maximum atomic E-state index is 12.0. The van der Waals surface area contributed by atoms with E-state index in [4.69, 9.17) is 0 Å². The third-order valence-corrected chi connectivity index (χ3v) is 4.36. The van der Waals surface area contributed by atoms with E-state index in [9.17, 15) is 14.7 Å². The summed E-state index contributed by atoms with van der Waals surface area (Å²) in [6, 6.07) is 7.81. The lowest BCUT2D eigenvalue weighted by Crippen LogP contribution is -2.62. The predicted octanol–water partition coefficient (Wildman–Crippen LogP) is 1.46. The van der Waals surface area contributed by atoms with Gasteiger partial charge in [0.1, 0.15) is 5.54 Å². The first-order valence-corrected chi connectivity index (χ1v) is 6.98. The quantitative estimate of drug-likeness (QED) is 0.781. The van der Waals surface area contributed by atoms with Gasteiger partial charge in [-0.25, -0.2) is 9.59 Å². The SMILES string of the molecule is O=C(NC1Cc2ccccc2C1)NC1(C(=O)O)CCC1. The van der Waals surface area contributed by atoms with E-state index >= 15 is 0 Å². The maximum absolute atomic E-state index is 12.0. The molecule has 2 aliphatic carbocycles. The molecule has 106 valence electrons. The molecule has 3 rings (SSSR count). The summed E-state index contributed by atoms with van der Waals surface area (Å²) in [5.74, 6) is -0.936. The molecule has 1 fully saturated rings. The molecule has 0 heterocycles. The van der Waals surface area contributed by atoms with Gasteiger partial charge in [0.15, 0.2) is 0 Å². The van der Waals surface area contributed by atoms with Crippen LogP contribution in [0.4, 0.5) is 4.79 Å². The van der Waals surface area contributed by atoms with E-state index in [1.54, 1.807) is 0 Å². The monoisotopic (exact) mass is 274 g/mol. The third kappa shape index (κ3) is 2.24. The van der Waals surface area contributed by atoms with Gasteiger partial charge in [0, 0.05) is 6.04 Å². The van der Waals surface area contributed by atoms with Gasteiger partial charge in [-0.05, 0) is 43.2 Å². The fourth-order valence-electron chi connectivity index (χ4n) is 3.02. The Bertz CT molecular complexity index is 527. The highest BCUT2D eigenvalue weighted by Gasteiger charge is 2.46. The number of fused-ring (bicyclic) bond motifs is 1. The van der Waals surface area contributed by atoms with Crippen LogP contribution >= 0.6 is 0 Å². The second-order valence-electron chi connectivity index (χ2n) is 5.71. The van der Waals surface area contributed by atoms with Crippen LogP contribution < -0.4 is 10.6 Å². The topological polar surface area (TPSA) is 78.4 Å². The number of carboxylic acids is 1. The van der Waals surface area contributed by atoms with Crippen LogP contribution in [0.1, 0.15) is 30.4 Å². The highest BCUT2D eigenvalue weighted by molar-refractivity contribution is 5.87. The van der Waals surface area contributed by atoms with Crippen molar-refractivity contribution in [1.82, 2.24) is 10.6 Å². The van der Waals surface area contributed by atoms with Crippen LogP contribution in [0.15, 0.2) is 24.3 Å². The van der Waals surface area contributed by atoms with Crippen molar-refractivity contribution in [3.63, 3.8) is 0 Å². The van der Waals surface area contributed by atoms with E-state index in [1.807, 2.05) is 12.1 Å². The van der Waals surface area contributed by atoms with Gasteiger partial charge in [-0.15, -0.1) is 0 Å². The molecular formula is C15H18N2O3. The van der Waals surface area contributed by atoms with E-state index in [-0.39, 0.29) is 12.1 Å². The van der Waals surface area contributed by atoms with Crippen molar-refractivity contribution < 1.29 is 14.7 Å². The van der Waals surface area contributed by atoms with Crippen LogP contribution in [0.3, 0.4) is 0 Å². The van der Waals surface area contributed by atoms with Crippen LogP contribution in [-0.2, 0) is 17.6 Å². The Morgan fingerprint density at radius 2 is 1.75 bits per heavy atom. The number of carbonyl (C=O) groups excluding carboxylic acids is 1. The van der Waals surface area contributed by atoms with Crippen molar-refractivity contribution in [3.05, 3.63) is 35.4 Å². The van der Waals surface area contributed by atoms with Crippen LogP contribution in [0.25, 0.3) is 0 Å². The number of nitrogens with one attached hydrogen (secondary N) is 2. The van der Waals surface area contributed by atoms with Crippen molar-refractivity contribution in [1.29, 1.82) is 0 Å². The number of urea groups is 1. The van der Waals surface area contributed by atoms with Gasteiger partial charge in [-0.1, -0.05) is 24.3 Å². The molecule has 0 atom stereocenters. The molecule has 0 bridgehead atoms. The van der Waals surface area contributed by atoms with Gasteiger partial charge < -0.3 is 15.7 Å². The first-order chi connectivity index (χ1) is 9.59. The molecule has 5 nitrogen and oxygen atoms in total. The molecule has 0 saturated heterocycles. The summed E-state index contributed by atoms with van der Waals surface area (Å²) in [7, 11) is 0. The summed E-state index contributed by atoms with van der Waals surface area (Å²) in [4.78, 5) is 23.2. The smallest absolute Gasteiger partial charge is 0.329 e. The zero-order valence-corrected chi connectivity index (χ0v) is 11.2. The summed E-state index contributed by atoms with van der Waals surface area (Å²) in [5.41, 5.74) is 1.47. The molecule has 0 aliphatic heterocycles. The zero-order valence-electron chi connectivity index (χ0n) is 11.2. The normalized spacial score (nSPS) is 19.8. The van der Waals surface area contributed by atoms with Crippen LogP contribution in [0.5, 0.6) is 0 Å². The average Bonchev–Trinajstić information content (AvgIpc) is 2.75. The Morgan fingerprint density at radius 1 is 1.15 bits per heavy atom. The number of carboxylic acid groups (broad SMARTS) is 1. The van der Waals surface area contributed by atoms with Crippen LogP contribution in [0.2, 0.25) is 0 Å². The Labute approximate surface area is 117 Å². The third-order valence-electron chi connectivity index (χ3n) is 4.36. The molecule has 0 spiro atoms. The van der Waals surface area contributed by atoms with Crippen LogP contribution in [-0.4, -0.2) is 28.7 Å². The first kappa shape index (κ1) is 13.0. The largest absolute Gasteiger partial charge is 0.480 e. The molecule has 0 unspecified atom stereocenters. The standard InChI is InChI=1S/C15H18N2O3/c18-13(19)15(6-3-7-15)17-14(20)16-12-8-10-4-1-2-5-11(10)9-12/h1-2,4-5,12H,3,6-9H2,(H,18,19)(H2,16,17,20). The lowest BCUT2D eigenvalue weighted by Gasteiger charge is -2.38. The van der Waals surface area contributed by atoms with Gasteiger partial charge in [-0.3, -0.25) is 0 Å². The molecule has 2 amide bonds. The molecule has 1 aromatic carbocycles. The zero-order chi connectivity index (χ0) is 14.2. The minimum Gasteiger partial charge on any atom is -0.480 e. The Hall–Kier alpha value is -2.04. The van der Waals surface area contributed by atoms with E-state index in [2.05, 4.69) is 22.8 Å². The minimum atomic E-state index is -1.05.